The summed E-state index contributed by atoms with van der Waals surface area (Å²) >= 11 is 0. The summed E-state index contributed by atoms with van der Waals surface area (Å²) in [7, 11) is 0. The molecule has 2 aliphatic rings. The van der Waals surface area contributed by atoms with E-state index in [9.17, 15) is 9.90 Å². The Labute approximate surface area is 131 Å². The topological polar surface area (TPSA) is 58.6 Å². The monoisotopic (exact) mass is 303 g/mol. The number of hydrogen-bond donors (Lipinski definition) is 2. The molecule has 0 radical (unpaired) electrons. The maximum absolute atomic E-state index is 12.5. The number of amides is 1. The summed E-state index contributed by atoms with van der Waals surface area (Å²) < 4.78 is 5.48. The summed E-state index contributed by atoms with van der Waals surface area (Å²) in [5, 5.41) is 12.5. The maximum Gasteiger partial charge on any atom is 0.251 e. The second-order valence-corrected chi connectivity index (χ2v) is 6.41. The van der Waals surface area contributed by atoms with Gasteiger partial charge in [0.1, 0.15) is 5.75 Å². The van der Waals surface area contributed by atoms with Crippen LogP contribution in [-0.2, 0) is 6.42 Å². The van der Waals surface area contributed by atoms with Gasteiger partial charge in [-0.1, -0.05) is 19.3 Å². The standard InChI is InChI=1S/C18H25NO3/c20-10-8-16(13-4-2-1-3-5-13)19-18(21)15-6-7-17-14(12-15)9-11-22-17/h6-7,12-13,16,20H,1-5,8-11H2,(H,19,21). The van der Waals surface area contributed by atoms with Crippen LogP contribution in [0.4, 0.5) is 0 Å². The summed E-state index contributed by atoms with van der Waals surface area (Å²) in [6.45, 7) is 0.828. The molecule has 3 rings (SSSR count). The van der Waals surface area contributed by atoms with Gasteiger partial charge in [0, 0.05) is 24.6 Å². The Morgan fingerprint density at radius 1 is 1.32 bits per heavy atom. The minimum Gasteiger partial charge on any atom is -0.493 e. The molecule has 0 aromatic heterocycles. The molecule has 4 nitrogen and oxygen atoms in total. The molecule has 2 N–H and O–H groups in total. The van der Waals surface area contributed by atoms with Crippen molar-refractivity contribution in [3.05, 3.63) is 29.3 Å². The highest BCUT2D eigenvalue weighted by atomic mass is 16.5. The molecule has 1 atom stereocenters. The SMILES string of the molecule is O=C(NC(CCO)C1CCCCC1)c1ccc2c(c1)CCO2. The number of hydrogen-bond acceptors (Lipinski definition) is 3. The molecule has 4 heteroatoms. The van der Waals surface area contributed by atoms with Crippen LogP contribution in [-0.4, -0.2) is 30.3 Å². The first-order valence-corrected chi connectivity index (χ1v) is 8.45. The third-order valence-electron chi connectivity index (χ3n) is 4.93. The molecule has 0 saturated heterocycles. The number of rotatable bonds is 5. The molecule has 1 aromatic rings. The highest BCUT2D eigenvalue weighted by molar-refractivity contribution is 5.94. The Balaban J connectivity index is 1.67. The van der Waals surface area contributed by atoms with Crippen molar-refractivity contribution in [2.75, 3.05) is 13.2 Å². The van der Waals surface area contributed by atoms with E-state index in [1.54, 1.807) is 0 Å². The summed E-state index contributed by atoms with van der Waals surface area (Å²) in [4.78, 5) is 12.5. The normalized spacial score (nSPS) is 19.3. The Hall–Kier alpha value is -1.55. The van der Waals surface area contributed by atoms with Gasteiger partial charge in [-0.3, -0.25) is 4.79 Å². The van der Waals surface area contributed by atoms with E-state index in [0.717, 1.165) is 30.6 Å². The first kappa shape index (κ1) is 15.3. The molecular weight excluding hydrogens is 278 g/mol. The van der Waals surface area contributed by atoms with Crippen LogP contribution in [0.15, 0.2) is 18.2 Å². The van der Waals surface area contributed by atoms with Crippen LogP contribution in [0, 0.1) is 5.92 Å². The van der Waals surface area contributed by atoms with Gasteiger partial charge in [0.05, 0.1) is 6.61 Å². The summed E-state index contributed by atoms with van der Waals surface area (Å²) in [5.74, 6) is 1.37. The van der Waals surface area contributed by atoms with Crippen LogP contribution in [0.1, 0.15) is 54.4 Å². The molecule has 22 heavy (non-hydrogen) atoms. The van der Waals surface area contributed by atoms with Crippen LogP contribution in [0.2, 0.25) is 0 Å². The van der Waals surface area contributed by atoms with Gasteiger partial charge in [-0.25, -0.2) is 0 Å². The van der Waals surface area contributed by atoms with Crippen molar-refractivity contribution in [1.29, 1.82) is 0 Å². The number of nitrogens with one attached hydrogen (secondary N) is 1. The third kappa shape index (κ3) is 3.43. The average molecular weight is 303 g/mol. The molecule has 1 aliphatic carbocycles. The van der Waals surface area contributed by atoms with E-state index in [2.05, 4.69) is 5.32 Å². The second kappa shape index (κ2) is 7.14. The Morgan fingerprint density at radius 2 is 2.14 bits per heavy atom. The zero-order chi connectivity index (χ0) is 15.4. The summed E-state index contributed by atoms with van der Waals surface area (Å²) in [6, 6.07) is 5.74. The molecule has 1 heterocycles. The molecular formula is C18H25NO3. The van der Waals surface area contributed by atoms with Crippen LogP contribution in [0.25, 0.3) is 0 Å². The van der Waals surface area contributed by atoms with Gasteiger partial charge >= 0.3 is 0 Å². The largest absolute Gasteiger partial charge is 0.493 e. The van der Waals surface area contributed by atoms with Crippen molar-refractivity contribution in [1.82, 2.24) is 5.32 Å². The van der Waals surface area contributed by atoms with E-state index in [4.69, 9.17) is 4.74 Å². The van der Waals surface area contributed by atoms with E-state index in [1.165, 1.54) is 19.3 Å². The number of aliphatic hydroxyl groups excluding tert-OH is 1. The van der Waals surface area contributed by atoms with E-state index in [1.807, 2.05) is 18.2 Å². The molecule has 120 valence electrons. The zero-order valence-corrected chi connectivity index (χ0v) is 13.0. The predicted molar refractivity (Wildman–Crippen MR) is 85.2 cm³/mol. The fourth-order valence-electron chi connectivity index (χ4n) is 3.68. The lowest BCUT2D eigenvalue weighted by atomic mass is 9.82. The van der Waals surface area contributed by atoms with Crippen LogP contribution >= 0.6 is 0 Å². The lowest BCUT2D eigenvalue weighted by Gasteiger charge is -2.30. The van der Waals surface area contributed by atoms with Crippen molar-refractivity contribution in [2.24, 2.45) is 5.92 Å². The molecule has 1 saturated carbocycles. The van der Waals surface area contributed by atoms with Gasteiger partial charge < -0.3 is 15.2 Å². The fourth-order valence-corrected chi connectivity index (χ4v) is 3.68. The molecule has 1 aliphatic heterocycles. The molecule has 1 aromatic carbocycles. The number of fused-ring (bicyclic) bond motifs is 1. The summed E-state index contributed by atoms with van der Waals surface area (Å²) in [6.07, 6.45) is 7.59. The molecule has 1 fully saturated rings. The van der Waals surface area contributed by atoms with Crippen LogP contribution in [0.3, 0.4) is 0 Å². The third-order valence-corrected chi connectivity index (χ3v) is 4.93. The lowest BCUT2D eigenvalue weighted by molar-refractivity contribution is 0.0899. The number of benzene rings is 1. The van der Waals surface area contributed by atoms with Gasteiger partial charge in [-0.05, 0) is 48.9 Å². The first-order chi connectivity index (χ1) is 10.8. The van der Waals surface area contributed by atoms with Crippen molar-refractivity contribution in [2.45, 2.75) is 51.0 Å². The number of carbonyl (C=O) groups excluding carboxylic acids is 1. The quantitative estimate of drug-likeness (QED) is 0.879. The van der Waals surface area contributed by atoms with Crippen molar-refractivity contribution in [3.63, 3.8) is 0 Å². The van der Waals surface area contributed by atoms with Gasteiger partial charge in [0.2, 0.25) is 0 Å². The minimum absolute atomic E-state index is 0.0290. The van der Waals surface area contributed by atoms with Gasteiger partial charge in [0.25, 0.3) is 5.91 Å². The van der Waals surface area contributed by atoms with E-state index < -0.39 is 0 Å². The van der Waals surface area contributed by atoms with E-state index in [0.29, 0.717) is 24.5 Å². The lowest BCUT2D eigenvalue weighted by Crippen LogP contribution is -2.41. The fraction of sp³-hybridized carbons (Fsp3) is 0.611. The zero-order valence-electron chi connectivity index (χ0n) is 13.0. The van der Waals surface area contributed by atoms with Crippen molar-refractivity contribution < 1.29 is 14.6 Å². The van der Waals surface area contributed by atoms with Gasteiger partial charge in [-0.2, -0.15) is 0 Å². The molecule has 0 bridgehead atoms. The molecule has 1 unspecified atom stereocenters. The smallest absolute Gasteiger partial charge is 0.251 e. The van der Waals surface area contributed by atoms with Gasteiger partial charge in [-0.15, -0.1) is 0 Å². The number of carbonyl (C=O) groups is 1. The predicted octanol–water partition coefficient (Wildman–Crippen LogP) is 2.68. The Morgan fingerprint density at radius 3 is 2.91 bits per heavy atom. The van der Waals surface area contributed by atoms with Crippen LogP contribution in [0.5, 0.6) is 5.75 Å². The molecule has 1 amide bonds. The van der Waals surface area contributed by atoms with Crippen molar-refractivity contribution >= 4 is 5.91 Å². The Kier molecular flexibility index (Phi) is 4.98. The highest BCUT2D eigenvalue weighted by Crippen LogP contribution is 2.29. The van der Waals surface area contributed by atoms with E-state index >= 15 is 0 Å². The Bertz CT molecular complexity index is 523. The van der Waals surface area contributed by atoms with Gasteiger partial charge in [0.15, 0.2) is 0 Å². The number of ether oxygens (including phenoxy) is 1. The average Bonchev–Trinajstić information content (AvgIpc) is 3.02. The summed E-state index contributed by atoms with van der Waals surface area (Å²) in [5.41, 5.74) is 1.81. The van der Waals surface area contributed by atoms with Crippen LogP contribution < -0.4 is 10.1 Å². The maximum atomic E-state index is 12.5. The van der Waals surface area contributed by atoms with Crippen molar-refractivity contribution in [3.8, 4) is 5.75 Å². The minimum atomic E-state index is -0.0290. The highest BCUT2D eigenvalue weighted by Gasteiger charge is 2.25. The second-order valence-electron chi connectivity index (χ2n) is 6.41. The first-order valence-electron chi connectivity index (χ1n) is 8.45. The van der Waals surface area contributed by atoms with E-state index in [-0.39, 0.29) is 18.6 Å². The molecule has 0 spiro atoms. The number of aliphatic hydroxyl groups is 1.